The van der Waals surface area contributed by atoms with Crippen LogP contribution in [0.2, 0.25) is 0 Å². The number of nitrogens with one attached hydrogen (secondary N) is 1. The van der Waals surface area contributed by atoms with Crippen LogP contribution < -0.4 is 21.3 Å². The van der Waals surface area contributed by atoms with Crippen LogP contribution in [0.15, 0.2) is 58.3 Å². The quantitative estimate of drug-likeness (QED) is 0.342. The number of hydrogen-bond acceptors (Lipinski definition) is 7. The number of anilines is 1. The third kappa shape index (κ3) is 5.76. The predicted octanol–water partition coefficient (Wildman–Crippen LogP) is 3.84. The molecule has 2 aromatic carbocycles. The van der Waals surface area contributed by atoms with Gasteiger partial charge in [-0.25, -0.2) is 9.78 Å². The van der Waals surface area contributed by atoms with Crippen molar-refractivity contribution in [1.82, 2.24) is 23.9 Å². The number of amides is 2. The Morgan fingerprint density at radius 2 is 1.60 bits per heavy atom. The van der Waals surface area contributed by atoms with Crippen molar-refractivity contribution < 1.29 is 14.3 Å². The number of aromatic nitrogens is 3. The van der Waals surface area contributed by atoms with E-state index in [-0.39, 0.29) is 17.5 Å². The molecule has 0 radical (unpaired) electrons. The molecule has 0 bridgehead atoms. The first kappa shape index (κ1) is 31.9. The van der Waals surface area contributed by atoms with Crippen LogP contribution in [-0.2, 0) is 25.3 Å². The molecule has 2 amide bonds. The molecule has 0 saturated carbocycles. The van der Waals surface area contributed by atoms with Crippen molar-refractivity contribution in [1.29, 1.82) is 0 Å². The number of benzene rings is 2. The molecule has 2 aromatic heterocycles. The summed E-state index contributed by atoms with van der Waals surface area (Å²) >= 11 is 0. The van der Waals surface area contributed by atoms with Gasteiger partial charge in [0.25, 0.3) is 11.5 Å². The summed E-state index contributed by atoms with van der Waals surface area (Å²) in [6.45, 7) is 8.76. The van der Waals surface area contributed by atoms with E-state index in [0.717, 1.165) is 82.7 Å². The van der Waals surface area contributed by atoms with Crippen LogP contribution >= 0.6 is 0 Å². The molecule has 11 heteroatoms. The third-order valence-corrected chi connectivity index (χ3v) is 9.70. The van der Waals surface area contributed by atoms with Crippen LogP contribution in [0.25, 0.3) is 22.4 Å². The summed E-state index contributed by atoms with van der Waals surface area (Å²) in [6.07, 6.45) is 3.18. The van der Waals surface area contributed by atoms with E-state index in [1.807, 2.05) is 30.0 Å². The Bertz CT molecular complexity index is 2020. The number of carbonyl (C=O) groups excluding carboxylic acids is 2. The molecule has 6 rings (SSSR count). The van der Waals surface area contributed by atoms with Crippen LogP contribution in [0, 0.1) is 13.8 Å². The van der Waals surface area contributed by atoms with Gasteiger partial charge in [-0.1, -0.05) is 30.3 Å². The second-order valence-corrected chi connectivity index (χ2v) is 12.4. The summed E-state index contributed by atoms with van der Waals surface area (Å²) in [7, 11) is 4.53. The Balaban J connectivity index is 1.31. The van der Waals surface area contributed by atoms with Gasteiger partial charge in [-0.05, 0) is 66.6 Å². The Hall–Kier alpha value is -5.03. The van der Waals surface area contributed by atoms with Crippen molar-refractivity contribution in [2.45, 2.75) is 39.7 Å². The fourth-order valence-corrected chi connectivity index (χ4v) is 7.01. The van der Waals surface area contributed by atoms with Gasteiger partial charge >= 0.3 is 5.69 Å². The molecule has 47 heavy (non-hydrogen) atoms. The first-order valence-electron chi connectivity index (χ1n) is 15.9. The third-order valence-electron chi connectivity index (χ3n) is 9.70. The average molecular weight is 637 g/mol. The van der Waals surface area contributed by atoms with Gasteiger partial charge in [-0.3, -0.25) is 23.9 Å². The maximum atomic E-state index is 13.2. The molecule has 4 aromatic rings. The molecule has 244 valence electrons. The highest BCUT2D eigenvalue weighted by atomic mass is 16.5. The van der Waals surface area contributed by atoms with Crippen LogP contribution in [0.5, 0.6) is 5.88 Å². The number of aryl methyl sites for hydroxylation is 2. The van der Waals surface area contributed by atoms with Gasteiger partial charge in [-0.2, -0.15) is 0 Å². The number of pyridine rings is 1. The molecule has 3 heterocycles. The van der Waals surface area contributed by atoms with Gasteiger partial charge in [0, 0.05) is 76.3 Å². The highest BCUT2D eigenvalue weighted by molar-refractivity contribution is 6.04. The van der Waals surface area contributed by atoms with E-state index in [2.05, 4.69) is 35.3 Å². The van der Waals surface area contributed by atoms with Gasteiger partial charge < -0.3 is 19.5 Å². The van der Waals surface area contributed by atoms with Crippen molar-refractivity contribution in [2.75, 3.05) is 38.6 Å². The summed E-state index contributed by atoms with van der Waals surface area (Å²) in [4.78, 5) is 59.2. The average Bonchev–Trinajstić information content (AvgIpc) is 3.50. The summed E-state index contributed by atoms with van der Waals surface area (Å²) < 4.78 is 8.05. The molecule has 1 atom stereocenters. The minimum Gasteiger partial charge on any atom is -0.481 e. The molecule has 1 unspecified atom stereocenters. The second kappa shape index (κ2) is 12.6. The van der Waals surface area contributed by atoms with E-state index in [4.69, 9.17) is 9.72 Å². The van der Waals surface area contributed by atoms with Crippen LogP contribution in [0.3, 0.4) is 0 Å². The molecule has 1 aliphatic heterocycles. The normalized spacial score (nSPS) is 16.2. The minimum atomic E-state index is -0.651. The monoisotopic (exact) mass is 636 g/mol. The van der Waals surface area contributed by atoms with Crippen LogP contribution in [0.4, 0.5) is 5.69 Å². The number of piperazine rings is 1. The molecule has 0 spiro atoms. The molecule has 2 aliphatic rings. The molecule has 11 nitrogen and oxygen atoms in total. The van der Waals surface area contributed by atoms with Gasteiger partial charge in [0.05, 0.1) is 12.8 Å². The highest BCUT2D eigenvalue weighted by Gasteiger charge is 2.34. The number of methoxy groups -OCH3 is 1. The Kier molecular flexibility index (Phi) is 8.59. The summed E-state index contributed by atoms with van der Waals surface area (Å²) in [5.41, 5.74) is 7.34. The lowest BCUT2D eigenvalue weighted by molar-refractivity contribution is -0.130. The van der Waals surface area contributed by atoms with Crippen molar-refractivity contribution in [3.63, 3.8) is 0 Å². The first-order chi connectivity index (χ1) is 22.5. The maximum Gasteiger partial charge on any atom is 0.330 e. The van der Waals surface area contributed by atoms with Crippen molar-refractivity contribution in [3.8, 4) is 28.3 Å². The summed E-state index contributed by atoms with van der Waals surface area (Å²) in [5, 5.41) is 2.88. The lowest BCUT2D eigenvalue weighted by Gasteiger charge is -2.38. The van der Waals surface area contributed by atoms with Crippen molar-refractivity contribution >= 4 is 17.5 Å². The second-order valence-electron chi connectivity index (χ2n) is 12.4. The van der Waals surface area contributed by atoms with Crippen molar-refractivity contribution in [2.24, 2.45) is 14.1 Å². The number of carbonyl (C=O) groups is 2. The van der Waals surface area contributed by atoms with Crippen LogP contribution in [-0.4, -0.2) is 69.0 Å². The Labute approximate surface area is 273 Å². The fraction of sp³-hybridized carbons (Fsp3) is 0.361. The largest absolute Gasteiger partial charge is 0.481 e. The highest BCUT2D eigenvalue weighted by Crippen LogP contribution is 2.44. The molecule has 1 aliphatic carbocycles. The van der Waals surface area contributed by atoms with Crippen molar-refractivity contribution in [3.05, 3.63) is 97.3 Å². The standard InChI is InChI=1S/C36H40N6O5/c1-21-25(26-10-8-12-29(22(26)2)37-33(44)28-20-39(4)36(46)40(5)35(28)45)9-7-11-27(21)30-19-24-13-14-31(32(24)34(38-30)47-6)42-17-15-41(16-18-42)23(3)43/h7-12,19-20,31H,13-18H2,1-6H3,(H,37,44). The Morgan fingerprint density at radius 3 is 2.28 bits per heavy atom. The zero-order valence-electron chi connectivity index (χ0n) is 27.7. The van der Waals surface area contributed by atoms with E-state index in [9.17, 15) is 19.2 Å². The molecule has 1 fully saturated rings. The number of ether oxygens (including phenoxy) is 1. The molecular formula is C36H40N6O5. The smallest absolute Gasteiger partial charge is 0.330 e. The fourth-order valence-electron chi connectivity index (χ4n) is 7.01. The predicted molar refractivity (Wildman–Crippen MR) is 181 cm³/mol. The van der Waals surface area contributed by atoms with Gasteiger partial charge in [0.1, 0.15) is 5.56 Å². The van der Waals surface area contributed by atoms with E-state index >= 15 is 0 Å². The Morgan fingerprint density at radius 1 is 0.936 bits per heavy atom. The summed E-state index contributed by atoms with van der Waals surface area (Å²) in [5.74, 6) is 0.183. The van der Waals surface area contributed by atoms with Gasteiger partial charge in [-0.15, -0.1) is 0 Å². The lowest BCUT2D eigenvalue weighted by atomic mass is 9.91. The molecular weight excluding hydrogens is 596 g/mol. The van der Waals surface area contributed by atoms with Gasteiger partial charge in [0.15, 0.2) is 0 Å². The lowest BCUT2D eigenvalue weighted by Crippen LogP contribution is -2.48. The number of rotatable bonds is 6. The first-order valence-corrected chi connectivity index (χ1v) is 15.9. The number of fused-ring (bicyclic) bond motifs is 1. The number of hydrogen-bond donors (Lipinski definition) is 1. The number of nitrogens with zero attached hydrogens (tertiary/aromatic N) is 5. The van der Waals surface area contributed by atoms with E-state index in [1.165, 1.54) is 30.4 Å². The van der Waals surface area contributed by atoms with E-state index in [1.54, 1.807) is 20.1 Å². The SMILES string of the molecule is COc1nc(-c2cccc(-c3cccc(NC(=O)c4cn(C)c(=O)n(C)c4=O)c3C)c2C)cc2c1C(N1CCN(C(C)=O)CC1)CC2. The van der Waals surface area contributed by atoms with E-state index in [0.29, 0.717) is 11.6 Å². The summed E-state index contributed by atoms with van der Waals surface area (Å²) in [6, 6.07) is 14.2. The van der Waals surface area contributed by atoms with Gasteiger partial charge in [0.2, 0.25) is 11.8 Å². The zero-order valence-corrected chi connectivity index (χ0v) is 27.7. The topological polar surface area (TPSA) is 119 Å². The molecule has 1 saturated heterocycles. The van der Waals surface area contributed by atoms with Crippen LogP contribution in [0.1, 0.15) is 52.0 Å². The zero-order chi connectivity index (χ0) is 33.6. The maximum absolute atomic E-state index is 13.2. The molecule has 1 N–H and O–H groups in total. The minimum absolute atomic E-state index is 0.116. The van der Waals surface area contributed by atoms with E-state index < -0.39 is 17.2 Å².